The minimum absolute atomic E-state index is 0.00328. The number of benzene rings is 4. The molecular weight excluding hydrogens is 713 g/mol. The van der Waals surface area contributed by atoms with Gasteiger partial charge in [-0.25, -0.2) is 0 Å². The van der Waals surface area contributed by atoms with Crippen LogP contribution in [0, 0.1) is 0 Å². The van der Waals surface area contributed by atoms with Crippen LogP contribution in [0.15, 0.2) is 77.0 Å². The summed E-state index contributed by atoms with van der Waals surface area (Å²) in [6, 6.07) is 18.5. The number of methoxy groups -OCH3 is 3. The first-order chi connectivity index (χ1) is 25.4. The quantitative estimate of drug-likeness (QED) is 0.172. The number of rotatable bonds is 8. The summed E-state index contributed by atoms with van der Waals surface area (Å²) in [7, 11) is 6.41. The van der Waals surface area contributed by atoms with Gasteiger partial charge in [0.25, 0.3) is 11.8 Å². The number of carbonyl (C=O) groups is 2. The first-order valence-electron chi connectivity index (χ1n) is 16.7. The highest BCUT2D eigenvalue weighted by atomic mass is 35.5. The van der Waals surface area contributed by atoms with E-state index >= 15 is 0 Å². The summed E-state index contributed by atoms with van der Waals surface area (Å²) >= 11 is 6.15. The molecule has 2 amide bonds. The molecule has 0 radical (unpaired) electrons. The summed E-state index contributed by atoms with van der Waals surface area (Å²) < 4.78 is 55.7. The zero-order valence-electron chi connectivity index (χ0n) is 29.5. The second-order valence-electron chi connectivity index (χ2n) is 12.7. The fourth-order valence-corrected chi connectivity index (χ4v) is 6.72. The van der Waals surface area contributed by atoms with Gasteiger partial charge in [0.2, 0.25) is 0 Å². The van der Waals surface area contributed by atoms with Crippen LogP contribution < -0.4 is 30.2 Å². The second kappa shape index (κ2) is 15.4. The minimum atomic E-state index is -4.67. The van der Waals surface area contributed by atoms with Gasteiger partial charge >= 0.3 is 11.8 Å². The van der Waals surface area contributed by atoms with Crippen LogP contribution in [-0.4, -0.2) is 64.4 Å². The number of nitrogens with zero attached hydrogens (tertiary/aromatic N) is 3. The average Bonchev–Trinajstić information content (AvgIpc) is 3.98. The van der Waals surface area contributed by atoms with Gasteiger partial charge < -0.3 is 35.1 Å². The van der Waals surface area contributed by atoms with E-state index in [0.29, 0.717) is 27.8 Å². The Morgan fingerprint density at radius 1 is 0.811 bits per heavy atom. The predicted molar refractivity (Wildman–Crippen MR) is 194 cm³/mol. The van der Waals surface area contributed by atoms with Crippen molar-refractivity contribution in [1.82, 2.24) is 10.2 Å². The van der Waals surface area contributed by atoms with Gasteiger partial charge in [-0.05, 0) is 79.0 Å². The van der Waals surface area contributed by atoms with Crippen molar-refractivity contribution in [3.8, 4) is 17.2 Å². The molecule has 0 atom stereocenters. The van der Waals surface area contributed by atoms with Gasteiger partial charge in [0.05, 0.1) is 37.5 Å². The number of amides is 2. The number of hydrogen-bond donors (Lipinski definition) is 3. The van der Waals surface area contributed by atoms with Gasteiger partial charge in [-0.1, -0.05) is 41.9 Å². The van der Waals surface area contributed by atoms with Crippen molar-refractivity contribution in [2.24, 2.45) is 10.2 Å². The Balaban J connectivity index is 0.000000185. The van der Waals surface area contributed by atoms with Crippen LogP contribution >= 0.6 is 11.6 Å². The normalized spacial score (nSPS) is 15.5. The van der Waals surface area contributed by atoms with E-state index in [1.807, 2.05) is 31.3 Å². The molecule has 0 saturated carbocycles. The first kappa shape index (κ1) is 37.6. The van der Waals surface area contributed by atoms with Gasteiger partial charge in [-0.2, -0.15) is 13.2 Å². The van der Waals surface area contributed by atoms with E-state index in [2.05, 4.69) is 37.1 Å². The molecule has 0 fully saturated rings. The number of likely N-dealkylation sites (N-methyl/N-ethyl adjacent to an activating group) is 1. The lowest BCUT2D eigenvalue weighted by atomic mass is 9.97. The summed E-state index contributed by atoms with van der Waals surface area (Å²) in [5.41, 5.74) is 3.57. The first-order valence-corrected chi connectivity index (χ1v) is 17.1. The third-order valence-corrected chi connectivity index (χ3v) is 9.65. The number of fused-ring (bicyclic) bond motifs is 2. The number of halogens is 4. The van der Waals surface area contributed by atoms with Crippen LogP contribution in [-0.2, 0) is 31.6 Å². The summed E-state index contributed by atoms with van der Waals surface area (Å²) in [6.45, 7) is 3.35. The van der Waals surface area contributed by atoms with Crippen molar-refractivity contribution in [2.75, 3.05) is 52.1 Å². The molecule has 4 aromatic carbocycles. The predicted octanol–water partition coefficient (Wildman–Crippen LogP) is 7.37. The zero-order chi connectivity index (χ0) is 37.9. The Morgan fingerprint density at radius 3 is 2.02 bits per heavy atom. The maximum absolute atomic E-state index is 13.3. The molecule has 3 N–H and O–H groups in total. The van der Waals surface area contributed by atoms with Crippen LogP contribution in [0.1, 0.15) is 48.5 Å². The largest absolute Gasteiger partial charge is 0.496 e. The molecule has 3 aliphatic heterocycles. The summed E-state index contributed by atoms with van der Waals surface area (Å²) in [5, 5.41) is 15.9. The van der Waals surface area contributed by atoms with Crippen LogP contribution in [0.4, 0.5) is 24.5 Å². The lowest BCUT2D eigenvalue weighted by Gasteiger charge is -2.27. The molecule has 3 heterocycles. The molecule has 278 valence electrons. The molecule has 3 aliphatic rings. The molecule has 0 aromatic heterocycles. The van der Waals surface area contributed by atoms with Crippen molar-refractivity contribution in [3.63, 3.8) is 0 Å². The third-order valence-electron chi connectivity index (χ3n) is 9.35. The van der Waals surface area contributed by atoms with Gasteiger partial charge in [0, 0.05) is 42.6 Å². The highest BCUT2D eigenvalue weighted by Gasteiger charge is 2.65. The van der Waals surface area contributed by atoms with Gasteiger partial charge in [-0.15, -0.1) is 10.2 Å². The number of anilines is 2. The third kappa shape index (κ3) is 7.80. The molecule has 15 heteroatoms. The van der Waals surface area contributed by atoms with E-state index in [9.17, 15) is 22.8 Å². The number of hydrogen-bond acceptors (Lipinski definition) is 9. The van der Waals surface area contributed by atoms with Crippen LogP contribution in [0.3, 0.4) is 0 Å². The van der Waals surface area contributed by atoms with E-state index in [4.69, 9.17) is 25.8 Å². The van der Waals surface area contributed by atoms with Gasteiger partial charge in [0.1, 0.15) is 17.2 Å². The van der Waals surface area contributed by atoms with Crippen molar-refractivity contribution in [2.45, 2.75) is 37.8 Å². The Morgan fingerprint density at radius 2 is 1.42 bits per heavy atom. The van der Waals surface area contributed by atoms with Crippen LogP contribution in [0.2, 0.25) is 5.02 Å². The summed E-state index contributed by atoms with van der Waals surface area (Å²) in [4.78, 5) is 27.9. The minimum Gasteiger partial charge on any atom is -0.496 e. The van der Waals surface area contributed by atoms with Crippen LogP contribution in [0.5, 0.6) is 17.2 Å². The summed E-state index contributed by atoms with van der Waals surface area (Å²) in [6.07, 6.45) is -3.01. The molecule has 0 bridgehead atoms. The zero-order valence-corrected chi connectivity index (χ0v) is 30.2. The SMILES string of the molecule is COc1cc(OC)c(C(=O)Nc2cccc3c2CCNC3)cc1Cl.COc1ccc(C2(C(F)(F)F)N=N2)cc1C(=O)Nc1cccc2c1CCN(C)C2. The number of carbonyl (C=O) groups excluding carboxylic acids is 2. The van der Waals surface area contributed by atoms with Crippen molar-refractivity contribution >= 4 is 34.8 Å². The highest BCUT2D eigenvalue weighted by Crippen LogP contribution is 2.53. The van der Waals surface area contributed by atoms with E-state index in [1.54, 1.807) is 18.2 Å². The Kier molecular flexibility index (Phi) is 10.9. The Hall–Kier alpha value is -5.18. The fourth-order valence-electron chi connectivity index (χ4n) is 6.48. The second-order valence-corrected chi connectivity index (χ2v) is 13.1. The number of ether oxygens (including phenoxy) is 3. The van der Waals surface area contributed by atoms with E-state index in [1.165, 1.54) is 44.6 Å². The number of nitrogens with one attached hydrogen (secondary N) is 3. The molecule has 11 nitrogen and oxygen atoms in total. The molecule has 0 saturated heterocycles. The fraction of sp³-hybridized carbons (Fsp3) is 0.316. The average molecular weight is 751 g/mol. The lowest BCUT2D eigenvalue weighted by Crippen LogP contribution is -2.30. The standard InChI is InChI=1S/C20H19F3N4O2.C18H19ClN2O3/c1-27-9-8-14-12(11-27)4-3-5-16(14)24-18(28)15-10-13(6-7-17(15)29-2)19(25-26-19)20(21,22)23;1-23-16-9-17(24-2)14(19)8-13(16)18(22)21-15-5-3-4-11-10-20-7-6-12(11)15/h3-7,10H,8-9,11H2,1-2H3,(H,24,28);3-5,8-9,20H,6-7,10H2,1-2H3,(H,21,22). The molecular formula is C38H38ClF3N6O5. The molecule has 0 spiro atoms. The Labute approximate surface area is 309 Å². The monoisotopic (exact) mass is 750 g/mol. The number of alkyl halides is 3. The van der Waals surface area contributed by atoms with E-state index in [0.717, 1.165) is 61.9 Å². The maximum atomic E-state index is 13.3. The van der Waals surface area contributed by atoms with Gasteiger partial charge in [-0.3, -0.25) is 9.59 Å². The molecule has 4 aromatic rings. The molecule has 7 rings (SSSR count). The van der Waals surface area contributed by atoms with Crippen LogP contribution in [0.25, 0.3) is 0 Å². The highest BCUT2D eigenvalue weighted by molar-refractivity contribution is 6.32. The Bertz CT molecular complexity index is 2070. The van der Waals surface area contributed by atoms with Crippen molar-refractivity contribution < 1.29 is 37.0 Å². The van der Waals surface area contributed by atoms with Crippen molar-refractivity contribution in [3.05, 3.63) is 111 Å². The maximum Gasteiger partial charge on any atom is 0.442 e. The molecule has 0 aliphatic carbocycles. The van der Waals surface area contributed by atoms with Crippen molar-refractivity contribution in [1.29, 1.82) is 0 Å². The molecule has 53 heavy (non-hydrogen) atoms. The van der Waals surface area contributed by atoms with E-state index < -0.39 is 17.7 Å². The topological polar surface area (TPSA) is 126 Å². The van der Waals surface area contributed by atoms with E-state index in [-0.39, 0.29) is 22.8 Å². The smallest absolute Gasteiger partial charge is 0.442 e. The van der Waals surface area contributed by atoms with Gasteiger partial charge in [0.15, 0.2) is 0 Å². The molecule has 0 unspecified atom stereocenters. The lowest BCUT2D eigenvalue weighted by molar-refractivity contribution is -0.166. The summed E-state index contributed by atoms with van der Waals surface area (Å²) in [5.74, 6) is 0.250.